The molecule has 0 unspecified atom stereocenters. The summed E-state index contributed by atoms with van der Waals surface area (Å²) >= 11 is 0. The molecule has 1 fully saturated rings. The third kappa shape index (κ3) is 3.41. The normalized spacial score (nSPS) is 15.8. The van der Waals surface area contributed by atoms with Gasteiger partial charge in [0.2, 0.25) is 0 Å². The van der Waals surface area contributed by atoms with Crippen molar-refractivity contribution in [1.29, 1.82) is 0 Å². The lowest BCUT2D eigenvalue weighted by Crippen LogP contribution is -2.38. The van der Waals surface area contributed by atoms with Gasteiger partial charge in [0, 0.05) is 32.9 Å². The molecule has 3 rings (SSSR count). The molecule has 0 aromatic carbocycles. The topological polar surface area (TPSA) is 75.9 Å². The summed E-state index contributed by atoms with van der Waals surface area (Å²) in [5.74, 6) is 0.358. The summed E-state index contributed by atoms with van der Waals surface area (Å²) < 4.78 is 1.53. The second-order valence-electron chi connectivity index (χ2n) is 5.63. The molecule has 7 nitrogen and oxygen atoms in total. The molecule has 0 aliphatic carbocycles. The number of aromatic nitrogens is 4. The van der Waals surface area contributed by atoms with E-state index in [2.05, 4.69) is 31.6 Å². The standard InChI is InChI=1S/C15H20N6O/c1-20-11-14(18-19-20)15(22)17-9-12-4-7-21(8-5-12)13-3-2-6-16-10-13/h2-3,6,10-12H,4-5,7-9H2,1H3,(H,17,22). The number of aryl methyl sites for hydroxylation is 1. The van der Waals surface area contributed by atoms with Crippen molar-refractivity contribution in [2.45, 2.75) is 12.8 Å². The van der Waals surface area contributed by atoms with Gasteiger partial charge >= 0.3 is 0 Å². The molecular formula is C15H20N6O. The molecule has 0 spiro atoms. The summed E-state index contributed by atoms with van der Waals surface area (Å²) in [4.78, 5) is 18.4. The van der Waals surface area contributed by atoms with Gasteiger partial charge in [-0.05, 0) is 30.9 Å². The van der Waals surface area contributed by atoms with Crippen LogP contribution in [0.3, 0.4) is 0 Å². The molecule has 0 bridgehead atoms. The van der Waals surface area contributed by atoms with Gasteiger partial charge in [-0.1, -0.05) is 5.21 Å². The molecule has 22 heavy (non-hydrogen) atoms. The van der Waals surface area contributed by atoms with E-state index >= 15 is 0 Å². The van der Waals surface area contributed by atoms with E-state index in [1.54, 1.807) is 19.4 Å². The molecule has 2 aromatic rings. The number of amides is 1. The second kappa shape index (κ2) is 6.55. The van der Waals surface area contributed by atoms with E-state index in [0.717, 1.165) is 25.9 Å². The second-order valence-corrected chi connectivity index (χ2v) is 5.63. The average Bonchev–Trinajstić information content (AvgIpc) is 3.00. The number of nitrogens with one attached hydrogen (secondary N) is 1. The van der Waals surface area contributed by atoms with Gasteiger partial charge in [0.1, 0.15) is 0 Å². The third-order valence-corrected chi connectivity index (χ3v) is 4.01. The first-order valence-corrected chi connectivity index (χ1v) is 7.52. The fourth-order valence-electron chi connectivity index (χ4n) is 2.72. The Morgan fingerprint density at radius 3 is 2.86 bits per heavy atom. The number of carbonyl (C=O) groups is 1. The average molecular weight is 300 g/mol. The van der Waals surface area contributed by atoms with Crippen LogP contribution in [0.1, 0.15) is 23.3 Å². The van der Waals surface area contributed by atoms with Gasteiger partial charge < -0.3 is 10.2 Å². The van der Waals surface area contributed by atoms with Crippen LogP contribution < -0.4 is 10.2 Å². The summed E-state index contributed by atoms with van der Waals surface area (Å²) in [5.41, 5.74) is 1.54. The summed E-state index contributed by atoms with van der Waals surface area (Å²) in [5, 5.41) is 10.5. The summed E-state index contributed by atoms with van der Waals surface area (Å²) in [7, 11) is 1.75. The third-order valence-electron chi connectivity index (χ3n) is 4.01. The van der Waals surface area contributed by atoms with E-state index in [9.17, 15) is 4.79 Å². The van der Waals surface area contributed by atoms with E-state index in [-0.39, 0.29) is 5.91 Å². The first-order valence-electron chi connectivity index (χ1n) is 7.52. The lowest BCUT2D eigenvalue weighted by Gasteiger charge is -2.33. The van der Waals surface area contributed by atoms with Crippen molar-refractivity contribution >= 4 is 11.6 Å². The number of carbonyl (C=O) groups excluding carboxylic acids is 1. The highest BCUT2D eigenvalue weighted by Gasteiger charge is 2.20. The molecule has 116 valence electrons. The summed E-state index contributed by atoms with van der Waals surface area (Å²) in [6.45, 7) is 2.69. The van der Waals surface area contributed by atoms with E-state index in [1.165, 1.54) is 10.4 Å². The van der Waals surface area contributed by atoms with Gasteiger partial charge in [-0.25, -0.2) is 0 Å². The number of hydrogen-bond acceptors (Lipinski definition) is 5. The monoisotopic (exact) mass is 300 g/mol. The first-order chi connectivity index (χ1) is 10.7. The molecule has 1 aliphatic heterocycles. The fraction of sp³-hybridized carbons (Fsp3) is 0.467. The summed E-state index contributed by atoms with van der Waals surface area (Å²) in [6, 6.07) is 4.05. The van der Waals surface area contributed by atoms with Crippen LogP contribution in [0.4, 0.5) is 5.69 Å². The van der Waals surface area contributed by atoms with Crippen LogP contribution >= 0.6 is 0 Å². The van der Waals surface area contributed by atoms with Gasteiger partial charge in [-0.3, -0.25) is 14.5 Å². The molecule has 1 amide bonds. The van der Waals surface area contributed by atoms with E-state index < -0.39 is 0 Å². The lowest BCUT2D eigenvalue weighted by molar-refractivity contribution is 0.0940. The zero-order chi connectivity index (χ0) is 15.4. The first kappa shape index (κ1) is 14.5. The highest BCUT2D eigenvalue weighted by Crippen LogP contribution is 2.21. The Bertz CT molecular complexity index is 618. The molecule has 1 aliphatic rings. The molecular weight excluding hydrogens is 280 g/mol. The molecule has 7 heteroatoms. The zero-order valence-electron chi connectivity index (χ0n) is 12.6. The minimum atomic E-state index is -0.150. The largest absolute Gasteiger partial charge is 0.370 e. The van der Waals surface area contributed by atoms with E-state index in [1.807, 2.05) is 12.3 Å². The van der Waals surface area contributed by atoms with Gasteiger partial charge in [0.15, 0.2) is 5.69 Å². The van der Waals surface area contributed by atoms with Crippen LogP contribution in [0.25, 0.3) is 0 Å². The lowest BCUT2D eigenvalue weighted by atomic mass is 9.96. The Labute approximate surface area is 129 Å². The Morgan fingerprint density at radius 1 is 1.41 bits per heavy atom. The van der Waals surface area contributed by atoms with Crippen LogP contribution in [0.5, 0.6) is 0 Å². The Hall–Kier alpha value is -2.44. The van der Waals surface area contributed by atoms with Crippen molar-refractivity contribution < 1.29 is 4.79 Å². The highest BCUT2D eigenvalue weighted by atomic mass is 16.2. The van der Waals surface area contributed by atoms with E-state index in [0.29, 0.717) is 18.2 Å². The van der Waals surface area contributed by atoms with Crippen molar-refractivity contribution in [2.24, 2.45) is 13.0 Å². The molecule has 0 saturated carbocycles. The SMILES string of the molecule is Cn1cc(C(=O)NCC2CCN(c3cccnc3)CC2)nn1. The number of pyridine rings is 1. The number of piperidine rings is 1. The van der Waals surface area contributed by atoms with E-state index in [4.69, 9.17) is 0 Å². The molecule has 0 radical (unpaired) electrons. The Kier molecular flexibility index (Phi) is 4.32. The quantitative estimate of drug-likeness (QED) is 0.906. The summed E-state index contributed by atoms with van der Waals surface area (Å²) in [6.07, 6.45) is 7.44. The van der Waals surface area contributed by atoms with Crippen LogP contribution in [0.2, 0.25) is 0 Å². The van der Waals surface area contributed by atoms with Crippen molar-refractivity contribution in [3.8, 4) is 0 Å². The van der Waals surface area contributed by atoms with Crippen LogP contribution in [0, 0.1) is 5.92 Å². The maximum Gasteiger partial charge on any atom is 0.273 e. The van der Waals surface area contributed by atoms with Crippen molar-refractivity contribution in [3.05, 3.63) is 36.4 Å². The van der Waals surface area contributed by atoms with Crippen LogP contribution in [-0.4, -0.2) is 45.5 Å². The minimum absolute atomic E-state index is 0.150. The van der Waals surface area contributed by atoms with Gasteiger partial charge in [0.25, 0.3) is 5.91 Å². The Balaban J connectivity index is 1.45. The number of anilines is 1. The molecule has 1 saturated heterocycles. The minimum Gasteiger partial charge on any atom is -0.370 e. The number of nitrogens with zero attached hydrogens (tertiary/aromatic N) is 5. The highest BCUT2D eigenvalue weighted by molar-refractivity contribution is 5.91. The smallest absolute Gasteiger partial charge is 0.273 e. The molecule has 1 N–H and O–H groups in total. The van der Waals surface area contributed by atoms with Crippen LogP contribution in [0.15, 0.2) is 30.7 Å². The molecule has 2 aromatic heterocycles. The maximum absolute atomic E-state index is 11.9. The fourth-order valence-corrected chi connectivity index (χ4v) is 2.72. The predicted molar refractivity (Wildman–Crippen MR) is 82.5 cm³/mol. The molecule has 0 atom stereocenters. The number of rotatable bonds is 4. The van der Waals surface area contributed by atoms with Crippen molar-refractivity contribution in [2.75, 3.05) is 24.5 Å². The van der Waals surface area contributed by atoms with Gasteiger partial charge in [-0.2, -0.15) is 0 Å². The maximum atomic E-state index is 11.9. The van der Waals surface area contributed by atoms with Crippen molar-refractivity contribution in [1.82, 2.24) is 25.3 Å². The van der Waals surface area contributed by atoms with Crippen LogP contribution in [-0.2, 0) is 7.05 Å². The van der Waals surface area contributed by atoms with Gasteiger partial charge in [-0.15, -0.1) is 5.10 Å². The van der Waals surface area contributed by atoms with Gasteiger partial charge in [0.05, 0.1) is 18.1 Å². The Morgan fingerprint density at radius 2 is 2.23 bits per heavy atom. The predicted octanol–water partition coefficient (Wildman–Crippen LogP) is 0.856. The zero-order valence-corrected chi connectivity index (χ0v) is 12.6. The number of hydrogen-bond donors (Lipinski definition) is 1. The van der Waals surface area contributed by atoms with Crippen molar-refractivity contribution in [3.63, 3.8) is 0 Å². The molecule has 3 heterocycles.